The zero-order valence-electron chi connectivity index (χ0n) is 8.45. The molecule has 82 valence electrons. The Labute approximate surface area is 97.9 Å². The summed E-state index contributed by atoms with van der Waals surface area (Å²) in [4.78, 5) is 3.91. The van der Waals surface area contributed by atoms with E-state index in [0.717, 1.165) is 5.56 Å². The molecule has 2 nitrogen and oxygen atoms in total. The maximum atomic E-state index is 13.2. The highest BCUT2D eigenvalue weighted by Gasteiger charge is 2.07. The van der Waals surface area contributed by atoms with Gasteiger partial charge in [-0.3, -0.25) is 4.98 Å². The molecule has 0 unspecified atom stereocenters. The lowest BCUT2D eigenvalue weighted by Crippen LogP contribution is -1.98. The van der Waals surface area contributed by atoms with Gasteiger partial charge in [-0.1, -0.05) is 11.6 Å². The fraction of sp³-hybridized carbons (Fsp3) is 0.0833. The molecule has 1 aromatic heterocycles. The van der Waals surface area contributed by atoms with Crippen LogP contribution < -0.4 is 5.73 Å². The quantitative estimate of drug-likeness (QED) is 0.814. The van der Waals surface area contributed by atoms with E-state index in [1.54, 1.807) is 12.4 Å². The van der Waals surface area contributed by atoms with Gasteiger partial charge in [-0.25, -0.2) is 4.39 Å². The molecule has 0 aliphatic heterocycles. The summed E-state index contributed by atoms with van der Waals surface area (Å²) in [7, 11) is 0. The van der Waals surface area contributed by atoms with E-state index in [1.807, 2.05) is 12.1 Å². The van der Waals surface area contributed by atoms with E-state index >= 15 is 0 Å². The van der Waals surface area contributed by atoms with Crippen LogP contribution in [-0.2, 0) is 6.42 Å². The Kier molecular flexibility index (Phi) is 3.06. The molecule has 16 heavy (non-hydrogen) atoms. The van der Waals surface area contributed by atoms with Crippen molar-refractivity contribution in [3.63, 3.8) is 0 Å². The SMILES string of the molecule is Nc1c(Cl)cc(F)cc1Cc1ccncc1. The van der Waals surface area contributed by atoms with Crippen LogP contribution in [0.5, 0.6) is 0 Å². The summed E-state index contributed by atoms with van der Waals surface area (Å²) < 4.78 is 13.2. The monoisotopic (exact) mass is 236 g/mol. The number of aromatic nitrogens is 1. The summed E-state index contributed by atoms with van der Waals surface area (Å²) in [5, 5.41) is 0.254. The maximum Gasteiger partial charge on any atom is 0.125 e. The van der Waals surface area contributed by atoms with Gasteiger partial charge in [-0.2, -0.15) is 0 Å². The third-order valence-corrected chi connectivity index (χ3v) is 2.64. The Hall–Kier alpha value is -1.61. The highest BCUT2D eigenvalue weighted by Crippen LogP contribution is 2.26. The summed E-state index contributed by atoms with van der Waals surface area (Å²) in [6.45, 7) is 0. The molecule has 2 aromatic rings. The van der Waals surface area contributed by atoms with Gasteiger partial charge in [0.1, 0.15) is 5.82 Å². The summed E-state index contributed by atoms with van der Waals surface area (Å²) in [5.74, 6) is -0.372. The number of halogens is 2. The number of pyridine rings is 1. The van der Waals surface area contributed by atoms with Gasteiger partial charge in [-0.15, -0.1) is 0 Å². The van der Waals surface area contributed by atoms with Crippen LogP contribution in [0.25, 0.3) is 0 Å². The van der Waals surface area contributed by atoms with Gasteiger partial charge in [-0.05, 0) is 41.8 Å². The molecular formula is C12H10ClFN2. The molecule has 2 rings (SSSR count). The first kappa shape index (κ1) is 10.9. The molecule has 0 atom stereocenters. The van der Waals surface area contributed by atoms with Crippen LogP contribution in [-0.4, -0.2) is 4.98 Å². The highest BCUT2D eigenvalue weighted by molar-refractivity contribution is 6.33. The Morgan fingerprint density at radius 1 is 1.25 bits per heavy atom. The summed E-state index contributed by atoms with van der Waals surface area (Å²) >= 11 is 5.81. The van der Waals surface area contributed by atoms with E-state index in [1.165, 1.54) is 12.1 Å². The van der Waals surface area contributed by atoms with E-state index in [2.05, 4.69) is 4.98 Å². The van der Waals surface area contributed by atoms with Crippen molar-refractivity contribution in [2.75, 3.05) is 5.73 Å². The maximum absolute atomic E-state index is 13.2. The first-order valence-corrected chi connectivity index (χ1v) is 5.17. The number of hydrogen-bond acceptors (Lipinski definition) is 2. The van der Waals surface area contributed by atoms with Crippen LogP contribution in [0, 0.1) is 5.82 Å². The molecule has 0 fully saturated rings. The Balaban J connectivity index is 2.35. The molecule has 0 spiro atoms. The first-order chi connectivity index (χ1) is 7.66. The third kappa shape index (κ3) is 2.31. The minimum absolute atomic E-state index is 0.254. The number of nitrogens with two attached hydrogens (primary N) is 1. The molecular weight excluding hydrogens is 227 g/mol. The fourth-order valence-electron chi connectivity index (χ4n) is 1.50. The van der Waals surface area contributed by atoms with Crippen molar-refractivity contribution in [3.8, 4) is 0 Å². The van der Waals surface area contributed by atoms with Crippen LogP contribution in [0.2, 0.25) is 5.02 Å². The fourth-order valence-corrected chi connectivity index (χ4v) is 1.73. The predicted molar refractivity (Wildman–Crippen MR) is 62.9 cm³/mol. The second kappa shape index (κ2) is 4.49. The van der Waals surface area contributed by atoms with Gasteiger partial charge >= 0.3 is 0 Å². The molecule has 0 aliphatic rings. The van der Waals surface area contributed by atoms with Gasteiger partial charge in [0.05, 0.1) is 10.7 Å². The predicted octanol–water partition coefficient (Wildman–Crippen LogP) is 3.05. The Morgan fingerprint density at radius 3 is 2.62 bits per heavy atom. The van der Waals surface area contributed by atoms with Crippen LogP contribution >= 0.6 is 11.6 Å². The van der Waals surface area contributed by atoms with Crippen molar-refractivity contribution >= 4 is 17.3 Å². The Morgan fingerprint density at radius 2 is 1.94 bits per heavy atom. The van der Waals surface area contributed by atoms with E-state index < -0.39 is 0 Å². The molecule has 0 amide bonds. The number of hydrogen-bond donors (Lipinski definition) is 1. The van der Waals surface area contributed by atoms with Crippen molar-refractivity contribution < 1.29 is 4.39 Å². The van der Waals surface area contributed by atoms with Gasteiger partial charge in [0.15, 0.2) is 0 Å². The molecule has 4 heteroatoms. The van der Waals surface area contributed by atoms with Gasteiger partial charge in [0.25, 0.3) is 0 Å². The first-order valence-electron chi connectivity index (χ1n) is 4.79. The molecule has 1 heterocycles. The van der Waals surface area contributed by atoms with Crippen LogP contribution in [0.3, 0.4) is 0 Å². The zero-order valence-corrected chi connectivity index (χ0v) is 9.21. The molecule has 0 saturated carbocycles. The van der Waals surface area contributed by atoms with Crippen LogP contribution in [0.4, 0.5) is 10.1 Å². The number of nitrogens with zero attached hydrogens (tertiary/aromatic N) is 1. The molecule has 1 aromatic carbocycles. The minimum Gasteiger partial charge on any atom is -0.397 e. The van der Waals surface area contributed by atoms with Crippen molar-refractivity contribution in [1.29, 1.82) is 0 Å². The molecule has 0 saturated heterocycles. The van der Waals surface area contributed by atoms with E-state index in [9.17, 15) is 4.39 Å². The van der Waals surface area contributed by atoms with Crippen molar-refractivity contribution in [2.24, 2.45) is 0 Å². The summed E-state index contributed by atoms with van der Waals surface area (Å²) in [6, 6.07) is 6.34. The lowest BCUT2D eigenvalue weighted by Gasteiger charge is -2.07. The standard InChI is InChI=1S/C12H10ClFN2/c13-11-7-10(14)6-9(12(11)15)5-8-1-3-16-4-2-8/h1-4,6-7H,5,15H2. The average Bonchev–Trinajstić information content (AvgIpc) is 2.27. The van der Waals surface area contributed by atoms with E-state index in [4.69, 9.17) is 17.3 Å². The van der Waals surface area contributed by atoms with E-state index in [-0.39, 0.29) is 10.8 Å². The number of benzene rings is 1. The van der Waals surface area contributed by atoms with Crippen molar-refractivity contribution in [1.82, 2.24) is 4.98 Å². The van der Waals surface area contributed by atoms with Crippen LogP contribution in [0.1, 0.15) is 11.1 Å². The largest absolute Gasteiger partial charge is 0.397 e. The summed E-state index contributed by atoms with van der Waals surface area (Å²) in [6.07, 6.45) is 3.92. The second-order valence-electron chi connectivity index (χ2n) is 3.49. The minimum atomic E-state index is -0.372. The zero-order chi connectivity index (χ0) is 11.5. The number of nitrogen functional groups attached to an aromatic ring is 1. The number of anilines is 1. The molecule has 0 aliphatic carbocycles. The second-order valence-corrected chi connectivity index (χ2v) is 3.90. The van der Waals surface area contributed by atoms with Gasteiger partial charge in [0.2, 0.25) is 0 Å². The molecule has 0 radical (unpaired) electrons. The van der Waals surface area contributed by atoms with Crippen molar-refractivity contribution in [3.05, 3.63) is 58.6 Å². The van der Waals surface area contributed by atoms with Crippen LogP contribution in [0.15, 0.2) is 36.7 Å². The lowest BCUT2D eigenvalue weighted by atomic mass is 10.0. The highest BCUT2D eigenvalue weighted by atomic mass is 35.5. The Bertz CT molecular complexity index is 500. The topological polar surface area (TPSA) is 38.9 Å². The smallest absolute Gasteiger partial charge is 0.125 e. The normalized spacial score (nSPS) is 10.4. The van der Waals surface area contributed by atoms with Crippen molar-refractivity contribution in [2.45, 2.75) is 6.42 Å². The lowest BCUT2D eigenvalue weighted by molar-refractivity contribution is 0.626. The molecule has 2 N–H and O–H groups in total. The molecule has 0 bridgehead atoms. The van der Waals surface area contributed by atoms with Gasteiger partial charge < -0.3 is 5.73 Å². The van der Waals surface area contributed by atoms with E-state index in [0.29, 0.717) is 17.7 Å². The summed E-state index contributed by atoms with van der Waals surface area (Å²) in [5.41, 5.74) is 7.92. The average molecular weight is 237 g/mol. The number of rotatable bonds is 2. The van der Waals surface area contributed by atoms with Gasteiger partial charge in [0, 0.05) is 12.4 Å². The third-order valence-electron chi connectivity index (χ3n) is 2.32.